The molecule has 1 fully saturated rings. The number of benzene rings is 2. The zero-order chi connectivity index (χ0) is 22.0. The summed E-state index contributed by atoms with van der Waals surface area (Å²) in [6.45, 7) is 5.55. The molecule has 2 heterocycles. The average molecular weight is 456 g/mol. The van der Waals surface area contributed by atoms with Crippen molar-refractivity contribution in [1.82, 2.24) is 14.2 Å². The molecule has 1 amide bonds. The second kappa shape index (κ2) is 8.90. The van der Waals surface area contributed by atoms with E-state index in [1.165, 1.54) is 21.2 Å². The predicted molar refractivity (Wildman–Crippen MR) is 123 cm³/mol. The van der Waals surface area contributed by atoms with Crippen LogP contribution in [0.3, 0.4) is 0 Å². The third-order valence-corrected chi connectivity index (χ3v) is 8.26. The van der Waals surface area contributed by atoms with Crippen molar-refractivity contribution in [3.8, 4) is 10.6 Å². The zero-order valence-corrected chi connectivity index (χ0v) is 19.2. The quantitative estimate of drug-likeness (QED) is 0.581. The fourth-order valence-electron chi connectivity index (χ4n) is 3.55. The van der Waals surface area contributed by atoms with Gasteiger partial charge in [-0.25, -0.2) is 13.4 Å². The molecule has 162 valence electrons. The standard InChI is InChI=1S/C23H25N3O3S2/c1-17(2)18-8-10-19(11-9-18)22-24-21(16-30-22)23(27)25-12-14-26(15-13-25)31(28,29)20-6-4-3-5-7-20/h3-11,16-17H,12-15H2,1-2H3. The highest BCUT2D eigenvalue weighted by Gasteiger charge is 2.31. The van der Waals surface area contributed by atoms with Gasteiger partial charge in [-0.1, -0.05) is 56.3 Å². The minimum Gasteiger partial charge on any atom is -0.335 e. The lowest BCUT2D eigenvalue weighted by molar-refractivity contribution is 0.0693. The van der Waals surface area contributed by atoms with E-state index in [0.717, 1.165) is 10.6 Å². The van der Waals surface area contributed by atoms with E-state index in [-0.39, 0.29) is 23.9 Å². The Hall–Kier alpha value is -2.55. The first kappa shape index (κ1) is 21.7. The maximum atomic E-state index is 12.9. The first-order valence-corrected chi connectivity index (χ1v) is 12.6. The van der Waals surface area contributed by atoms with Crippen LogP contribution in [0.4, 0.5) is 0 Å². The normalized spacial score (nSPS) is 15.4. The molecule has 0 aliphatic carbocycles. The molecule has 4 rings (SSSR count). The van der Waals surface area contributed by atoms with Crippen molar-refractivity contribution in [3.63, 3.8) is 0 Å². The number of amides is 1. The summed E-state index contributed by atoms with van der Waals surface area (Å²) < 4.78 is 27.0. The van der Waals surface area contributed by atoms with Crippen LogP contribution in [0.2, 0.25) is 0 Å². The van der Waals surface area contributed by atoms with E-state index < -0.39 is 10.0 Å². The summed E-state index contributed by atoms with van der Waals surface area (Å²) in [5.74, 6) is 0.310. The maximum absolute atomic E-state index is 12.9. The molecule has 0 N–H and O–H groups in total. The molecule has 6 nitrogen and oxygen atoms in total. The minimum atomic E-state index is -3.54. The van der Waals surface area contributed by atoms with Crippen molar-refractivity contribution < 1.29 is 13.2 Å². The van der Waals surface area contributed by atoms with Crippen molar-refractivity contribution in [2.75, 3.05) is 26.2 Å². The van der Waals surface area contributed by atoms with Crippen LogP contribution >= 0.6 is 11.3 Å². The van der Waals surface area contributed by atoms with Crippen LogP contribution in [0.5, 0.6) is 0 Å². The van der Waals surface area contributed by atoms with Gasteiger partial charge in [0.15, 0.2) is 0 Å². The van der Waals surface area contributed by atoms with Crippen molar-refractivity contribution >= 4 is 27.3 Å². The Balaban J connectivity index is 1.41. The average Bonchev–Trinajstić information content (AvgIpc) is 3.29. The number of thiazole rings is 1. The van der Waals surface area contributed by atoms with Crippen LogP contribution < -0.4 is 0 Å². The van der Waals surface area contributed by atoms with E-state index in [2.05, 4.69) is 31.0 Å². The number of sulfonamides is 1. The molecule has 1 aliphatic heterocycles. The van der Waals surface area contributed by atoms with Gasteiger partial charge in [0.25, 0.3) is 5.91 Å². The number of carbonyl (C=O) groups excluding carboxylic acids is 1. The van der Waals surface area contributed by atoms with Gasteiger partial charge in [-0.3, -0.25) is 4.79 Å². The van der Waals surface area contributed by atoms with E-state index in [1.807, 2.05) is 12.1 Å². The summed E-state index contributed by atoms with van der Waals surface area (Å²) in [5, 5.41) is 2.59. The van der Waals surface area contributed by atoms with Crippen LogP contribution in [0.1, 0.15) is 35.8 Å². The van der Waals surface area contributed by atoms with E-state index in [9.17, 15) is 13.2 Å². The second-order valence-corrected chi connectivity index (χ2v) is 10.6. The summed E-state index contributed by atoms with van der Waals surface area (Å²) in [6.07, 6.45) is 0. The van der Waals surface area contributed by atoms with Gasteiger partial charge in [0.1, 0.15) is 10.7 Å². The van der Waals surface area contributed by atoms with Gasteiger partial charge >= 0.3 is 0 Å². The van der Waals surface area contributed by atoms with Crippen molar-refractivity contribution in [1.29, 1.82) is 0 Å². The van der Waals surface area contributed by atoms with Gasteiger partial charge in [0.05, 0.1) is 4.90 Å². The van der Waals surface area contributed by atoms with Crippen LogP contribution in [0.15, 0.2) is 64.9 Å². The number of carbonyl (C=O) groups is 1. The van der Waals surface area contributed by atoms with Crippen LogP contribution in [0, 0.1) is 0 Å². The lowest BCUT2D eigenvalue weighted by Crippen LogP contribution is -2.50. The summed E-state index contributed by atoms with van der Waals surface area (Å²) in [4.78, 5) is 19.4. The Morgan fingerprint density at radius 2 is 1.61 bits per heavy atom. The SMILES string of the molecule is CC(C)c1ccc(-c2nc(C(=O)N3CCN(S(=O)(=O)c4ccccc4)CC3)cs2)cc1. The van der Waals surface area contributed by atoms with E-state index in [0.29, 0.717) is 24.7 Å². The van der Waals surface area contributed by atoms with E-state index >= 15 is 0 Å². The first-order chi connectivity index (χ1) is 14.9. The number of hydrogen-bond donors (Lipinski definition) is 0. The van der Waals surface area contributed by atoms with Crippen molar-refractivity contribution in [2.45, 2.75) is 24.7 Å². The molecule has 0 saturated carbocycles. The topological polar surface area (TPSA) is 70.6 Å². The van der Waals surface area contributed by atoms with Gasteiger partial charge < -0.3 is 4.90 Å². The van der Waals surface area contributed by atoms with E-state index in [1.54, 1.807) is 40.6 Å². The molecule has 31 heavy (non-hydrogen) atoms. The molecule has 0 bridgehead atoms. The summed E-state index contributed by atoms with van der Waals surface area (Å²) in [5.41, 5.74) is 2.67. The van der Waals surface area contributed by atoms with Crippen LogP contribution in [0.25, 0.3) is 10.6 Å². The van der Waals surface area contributed by atoms with Gasteiger partial charge in [0, 0.05) is 37.1 Å². The molecular formula is C23H25N3O3S2. The third-order valence-electron chi connectivity index (χ3n) is 5.45. The number of hydrogen-bond acceptors (Lipinski definition) is 5. The van der Waals surface area contributed by atoms with Crippen LogP contribution in [-0.4, -0.2) is 54.7 Å². The second-order valence-electron chi connectivity index (χ2n) is 7.82. The highest BCUT2D eigenvalue weighted by Crippen LogP contribution is 2.26. The van der Waals surface area contributed by atoms with Gasteiger partial charge in [0.2, 0.25) is 10.0 Å². The van der Waals surface area contributed by atoms with Gasteiger partial charge in [-0.05, 0) is 23.6 Å². The van der Waals surface area contributed by atoms with Crippen molar-refractivity contribution in [2.24, 2.45) is 0 Å². The smallest absolute Gasteiger partial charge is 0.273 e. The molecule has 3 aromatic rings. The molecule has 0 unspecified atom stereocenters. The molecule has 1 saturated heterocycles. The molecule has 0 spiro atoms. The molecule has 0 atom stereocenters. The van der Waals surface area contributed by atoms with E-state index in [4.69, 9.17) is 0 Å². The predicted octanol–water partition coefficient (Wildman–Crippen LogP) is 4.08. The Bertz CT molecular complexity index is 1150. The Labute approximate surface area is 187 Å². The Morgan fingerprint density at radius 1 is 0.968 bits per heavy atom. The lowest BCUT2D eigenvalue weighted by atomic mass is 10.0. The number of rotatable bonds is 5. The Morgan fingerprint density at radius 3 is 2.23 bits per heavy atom. The number of nitrogens with zero attached hydrogens (tertiary/aromatic N) is 3. The number of aromatic nitrogens is 1. The lowest BCUT2D eigenvalue weighted by Gasteiger charge is -2.33. The molecule has 1 aliphatic rings. The third kappa shape index (κ3) is 4.56. The highest BCUT2D eigenvalue weighted by atomic mass is 32.2. The fourth-order valence-corrected chi connectivity index (χ4v) is 5.79. The highest BCUT2D eigenvalue weighted by molar-refractivity contribution is 7.89. The molecule has 0 radical (unpaired) electrons. The molecular weight excluding hydrogens is 430 g/mol. The summed E-state index contributed by atoms with van der Waals surface area (Å²) in [6, 6.07) is 16.7. The maximum Gasteiger partial charge on any atom is 0.273 e. The van der Waals surface area contributed by atoms with Gasteiger partial charge in [-0.15, -0.1) is 11.3 Å². The molecule has 8 heteroatoms. The first-order valence-electron chi connectivity index (χ1n) is 10.3. The molecule has 2 aromatic carbocycles. The minimum absolute atomic E-state index is 0.155. The summed E-state index contributed by atoms with van der Waals surface area (Å²) in [7, 11) is -3.54. The molecule has 1 aromatic heterocycles. The Kier molecular flexibility index (Phi) is 6.22. The van der Waals surface area contributed by atoms with Gasteiger partial charge in [-0.2, -0.15) is 4.31 Å². The van der Waals surface area contributed by atoms with Crippen LogP contribution in [-0.2, 0) is 10.0 Å². The zero-order valence-electron chi connectivity index (χ0n) is 17.6. The number of piperazine rings is 1. The van der Waals surface area contributed by atoms with Crippen molar-refractivity contribution in [3.05, 3.63) is 71.2 Å². The monoisotopic (exact) mass is 455 g/mol. The fraction of sp³-hybridized carbons (Fsp3) is 0.304. The largest absolute Gasteiger partial charge is 0.335 e. The summed E-state index contributed by atoms with van der Waals surface area (Å²) >= 11 is 1.45.